The third-order valence-corrected chi connectivity index (χ3v) is 2.69. The maximum absolute atomic E-state index is 5.52. The molecular formula is C14H32N2O2. The summed E-state index contributed by atoms with van der Waals surface area (Å²) in [5.41, 5.74) is 0. The summed E-state index contributed by atoms with van der Waals surface area (Å²) in [7, 11) is 2.14. The third kappa shape index (κ3) is 13.9. The molecule has 0 aliphatic heterocycles. The van der Waals surface area contributed by atoms with Crippen LogP contribution in [0.5, 0.6) is 0 Å². The lowest BCUT2D eigenvalue weighted by Gasteiger charge is -2.17. The fourth-order valence-electron chi connectivity index (χ4n) is 1.55. The molecule has 0 aromatic rings. The molecule has 0 aromatic heterocycles. The van der Waals surface area contributed by atoms with Gasteiger partial charge in [-0.1, -0.05) is 0 Å². The first-order chi connectivity index (χ1) is 8.66. The summed E-state index contributed by atoms with van der Waals surface area (Å²) in [5.74, 6) is 0. The van der Waals surface area contributed by atoms with Crippen LogP contribution in [0.3, 0.4) is 0 Å². The van der Waals surface area contributed by atoms with Gasteiger partial charge in [0.1, 0.15) is 0 Å². The molecule has 0 fully saturated rings. The number of likely N-dealkylation sites (N-methyl/N-ethyl adjacent to an activating group) is 1. The zero-order valence-electron chi connectivity index (χ0n) is 12.7. The Hall–Kier alpha value is -0.160. The topological polar surface area (TPSA) is 33.7 Å². The highest BCUT2D eigenvalue weighted by Gasteiger charge is 1.99. The van der Waals surface area contributed by atoms with Gasteiger partial charge >= 0.3 is 0 Å². The van der Waals surface area contributed by atoms with Crippen molar-refractivity contribution in [2.24, 2.45) is 0 Å². The fraction of sp³-hybridized carbons (Fsp3) is 1.00. The van der Waals surface area contributed by atoms with Crippen molar-refractivity contribution in [2.45, 2.75) is 39.7 Å². The maximum atomic E-state index is 5.52. The summed E-state index contributed by atoms with van der Waals surface area (Å²) in [6.07, 6.45) is 2.68. The fourth-order valence-corrected chi connectivity index (χ4v) is 1.55. The van der Waals surface area contributed by atoms with Gasteiger partial charge in [-0.05, 0) is 47.2 Å². The number of nitrogens with one attached hydrogen (secondary N) is 1. The van der Waals surface area contributed by atoms with E-state index in [0.29, 0.717) is 6.10 Å². The van der Waals surface area contributed by atoms with E-state index >= 15 is 0 Å². The van der Waals surface area contributed by atoms with Gasteiger partial charge in [0, 0.05) is 32.8 Å². The minimum atomic E-state index is 0.335. The minimum absolute atomic E-state index is 0.335. The second-order valence-electron chi connectivity index (χ2n) is 4.88. The van der Waals surface area contributed by atoms with Crippen LogP contribution in [-0.2, 0) is 9.47 Å². The molecule has 0 aliphatic carbocycles. The van der Waals surface area contributed by atoms with Gasteiger partial charge in [0.25, 0.3) is 0 Å². The Kier molecular flexibility index (Phi) is 13.2. The van der Waals surface area contributed by atoms with Crippen LogP contribution in [0.15, 0.2) is 0 Å². The smallest absolute Gasteiger partial charge is 0.0596 e. The van der Waals surface area contributed by atoms with Crippen molar-refractivity contribution in [3.8, 4) is 0 Å². The number of ether oxygens (including phenoxy) is 2. The summed E-state index contributed by atoms with van der Waals surface area (Å²) in [5, 5.41) is 3.45. The average Bonchev–Trinajstić information content (AvgIpc) is 2.32. The van der Waals surface area contributed by atoms with Crippen LogP contribution in [0.25, 0.3) is 0 Å². The Balaban J connectivity index is 3.12. The maximum Gasteiger partial charge on any atom is 0.0596 e. The monoisotopic (exact) mass is 260 g/mol. The first-order valence-electron chi connectivity index (χ1n) is 7.25. The number of rotatable bonds is 13. The van der Waals surface area contributed by atoms with E-state index in [0.717, 1.165) is 52.4 Å². The number of nitrogens with zero attached hydrogens (tertiary/aromatic N) is 1. The van der Waals surface area contributed by atoms with Crippen molar-refractivity contribution >= 4 is 0 Å². The lowest BCUT2D eigenvalue weighted by molar-refractivity contribution is 0.0640. The van der Waals surface area contributed by atoms with E-state index in [1.807, 2.05) is 6.92 Å². The van der Waals surface area contributed by atoms with Crippen molar-refractivity contribution in [1.82, 2.24) is 10.2 Å². The lowest BCUT2D eigenvalue weighted by Crippen LogP contribution is -2.32. The molecule has 1 N–H and O–H groups in total. The molecule has 110 valence electrons. The van der Waals surface area contributed by atoms with Crippen LogP contribution in [-0.4, -0.2) is 64.1 Å². The minimum Gasteiger partial charge on any atom is -0.382 e. The lowest BCUT2D eigenvalue weighted by atomic mass is 10.3. The summed E-state index contributed by atoms with van der Waals surface area (Å²) in [6, 6.07) is 0. The first kappa shape index (κ1) is 17.8. The molecule has 0 radical (unpaired) electrons. The molecule has 0 rings (SSSR count). The Morgan fingerprint density at radius 3 is 2.50 bits per heavy atom. The van der Waals surface area contributed by atoms with Gasteiger partial charge in [-0.3, -0.25) is 0 Å². The highest BCUT2D eigenvalue weighted by molar-refractivity contribution is 4.55. The van der Waals surface area contributed by atoms with Crippen LogP contribution < -0.4 is 5.32 Å². The van der Waals surface area contributed by atoms with Crippen LogP contribution in [0.4, 0.5) is 0 Å². The summed E-state index contributed by atoms with van der Waals surface area (Å²) in [4.78, 5) is 2.30. The predicted molar refractivity (Wildman–Crippen MR) is 77.2 cm³/mol. The van der Waals surface area contributed by atoms with Gasteiger partial charge in [0.2, 0.25) is 0 Å². The SMILES string of the molecule is CCOCCCCNCCN(C)CCOC(C)C. The largest absolute Gasteiger partial charge is 0.382 e. The van der Waals surface area contributed by atoms with E-state index in [4.69, 9.17) is 9.47 Å². The predicted octanol–water partition coefficient (Wildman–Crippen LogP) is 1.75. The van der Waals surface area contributed by atoms with Crippen molar-refractivity contribution in [3.05, 3.63) is 0 Å². The Bertz CT molecular complexity index is 166. The standard InChI is InChI=1S/C14H32N2O2/c1-5-17-12-7-6-8-15-9-10-16(4)11-13-18-14(2)3/h14-15H,5-13H2,1-4H3. The van der Waals surface area contributed by atoms with Gasteiger partial charge < -0.3 is 19.7 Å². The molecule has 0 heterocycles. The molecule has 0 amide bonds. The van der Waals surface area contributed by atoms with Gasteiger partial charge in [-0.25, -0.2) is 0 Å². The Morgan fingerprint density at radius 1 is 1.06 bits per heavy atom. The van der Waals surface area contributed by atoms with E-state index in [1.165, 1.54) is 6.42 Å². The van der Waals surface area contributed by atoms with E-state index < -0.39 is 0 Å². The van der Waals surface area contributed by atoms with Crippen molar-refractivity contribution in [2.75, 3.05) is 53.0 Å². The molecule has 0 saturated carbocycles. The van der Waals surface area contributed by atoms with Gasteiger partial charge in [0.05, 0.1) is 12.7 Å². The molecule has 18 heavy (non-hydrogen) atoms. The van der Waals surface area contributed by atoms with Crippen LogP contribution in [0, 0.1) is 0 Å². The molecule has 0 aliphatic rings. The zero-order valence-corrected chi connectivity index (χ0v) is 12.7. The molecule has 0 atom stereocenters. The average molecular weight is 260 g/mol. The summed E-state index contributed by atoms with van der Waals surface area (Å²) < 4.78 is 10.8. The molecular weight excluding hydrogens is 228 g/mol. The van der Waals surface area contributed by atoms with Crippen molar-refractivity contribution < 1.29 is 9.47 Å². The molecule has 0 unspecified atom stereocenters. The number of unbranched alkanes of at least 4 members (excludes halogenated alkanes) is 1. The van der Waals surface area contributed by atoms with Crippen LogP contribution >= 0.6 is 0 Å². The van der Waals surface area contributed by atoms with Crippen molar-refractivity contribution in [3.63, 3.8) is 0 Å². The summed E-state index contributed by atoms with van der Waals surface area (Å²) in [6.45, 7) is 12.9. The quantitative estimate of drug-likeness (QED) is 0.512. The van der Waals surface area contributed by atoms with E-state index in [2.05, 4.69) is 31.1 Å². The van der Waals surface area contributed by atoms with E-state index in [9.17, 15) is 0 Å². The normalized spacial score (nSPS) is 11.7. The molecule has 0 spiro atoms. The third-order valence-electron chi connectivity index (χ3n) is 2.69. The molecule has 4 nitrogen and oxygen atoms in total. The molecule has 0 saturated heterocycles. The van der Waals surface area contributed by atoms with Crippen LogP contribution in [0.1, 0.15) is 33.6 Å². The van der Waals surface area contributed by atoms with Gasteiger partial charge in [-0.15, -0.1) is 0 Å². The van der Waals surface area contributed by atoms with Crippen LogP contribution in [0.2, 0.25) is 0 Å². The van der Waals surface area contributed by atoms with Gasteiger partial charge in [-0.2, -0.15) is 0 Å². The molecule has 4 heteroatoms. The van der Waals surface area contributed by atoms with E-state index in [-0.39, 0.29) is 0 Å². The highest BCUT2D eigenvalue weighted by atomic mass is 16.5. The number of hydrogen-bond donors (Lipinski definition) is 1. The second kappa shape index (κ2) is 13.3. The zero-order chi connectivity index (χ0) is 13.6. The number of hydrogen-bond acceptors (Lipinski definition) is 4. The first-order valence-corrected chi connectivity index (χ1v) is 7.25. The van der Waals surface area contributed by atoms with Gasteiger partial charge in [0.15, 0.2) is 0 Å². The Labute approximate surface area is 113 Å². The van der Waals surface area contributed by atoms with E-state index in [1.54, 1.807) is 0 Å². The summed E-state index contributed by atoms with van der Waals surface area (Å²) >= 11 is 0. The highest BCUT2D eigenvalue weighted by Crippen LogP contribution is 1.90. The second-order valence-corrected chi connectivity index (χ2v) is 4.88. The van der Waals surface area contributed by atoms with Crippen molar-refractivity contribution in [1.29, 1.82) is 0 Å². The molecule has 0 aromatic carbocycles. The molecule has 0 bridgehead atoms. The Morgan fingerprint density at radius 2 is 1.83 bits per heavy atom.